The van der Waals surface area contributed by atoms with Crippen LogP contribution in [-0.2, 0) is 17.6 Å². The second-order valence-corrected chi connectivity index (χ2v) is 17.6. The molecule has 2 N–H and O–H groups in total. The highest BCUT2D eigenvalue weighted by Gasteiger charge is 2.41. The van der Waals surface area contributed by atoms with E-state index in [0.717, 1.165) is 61.7 Å². The highest BCUT2D eigenvalue weighted by atomic mass is 32.2. The number of hydrogen-bond donors (Lipinski definition) is 2. The molecular weight excluding hydrogens is 561 g/mol. The zero-order chi connectivity index (χ0) is 29.6. The van der Waals surface area contributed by atoms with Gasteiger partial charge in [-0.25, -0.2) is 9.37 Å². The van der Waals surface area contributed by atoms with Gasteiger partial charge in [-0.15, -0.1) is 0 Å². The summed E-state index contributed by atoms with van der Waals surface area (Å²) in [7, 11) is 2.01. The Bertz CT molecular complexity index is 1740. The van der Waals surface area contributed by atoms with Crippen LogP contribution in [0.25, 0.3) is 5.57 Å². The molecule has 0 aromatic heterocycles. The highest BCUT2D eigenvalue weighted by molar-refractivity contribution is 7.99. The molecule has 1 atom stereocenters. The normalized spacial score (nSPS) is 19.1. The third kappa shape index (κ3) is 4.98. The fraction of sp³-hybridized carbons (Fsp3) is 0.382. The Morgan fingerprint density at radius 1 is 0.976 bits per heavy atom. The fourth-order valence-electron chi connectivity index (χ4n) is 7.23. The van der Waals surface area contributed by atoms with Crippen LogP contribution in [0.3, 0.4) is 0 Å². The summed E-state index contributed by atoms with van der Waals surface area (Å²) in [4.78, 5) is 26.1. The van der Waals surface area contributed by atoms with Crippen molar-refractivity contribution < 1.29 is 19.8 Å². The first-order chi connectivity index (χ1) is 20.2. The van der Waals surface area contributed by atoms with Crippen LogP contribution in [0.15, 0.2) is 48.5 Å². The van der Waals surface area contributed by atoms with E-state index >= 15 is 0 Å². The fourth-order valence-corrected chi connectivity index (χ4v) is 13.3. The second-order valence-electron chi connectivity index (χ2n) is 12.2. The number of rotatable bonds is 8. The van der Waals surface area contributed by atoms with Gasteiger partial charge in [-0.1, -0.05) is 24.7 Å². The van der Waals surface area contributed by atoms with Gasteiger partial charge in [0.2, 0.25) is 5.36 Å². The lowest BCUT2D eigenvalue weighted by Crippen LogP contribution is -2.66. The average molecular weight is 600 g/mol. The second kappa shape index (κ2) is 11.4. The van der Waals surface area contributed by atoms with Crippen molar-refractivity contribution in [2.45, 2.75) is 44.7 Å². The smallest absolute Gasteiger partial charge is 0.336 e. The lowest BCUT2D eigenvalue weighted by molar-refractivity contribution is -0.136. The van der Waals surface area contributed by atoms with E-state index < -0.39 is 20.0 Å². The molecule has 3 aliphatic heterocycles. The first-order valence-corrected chi connectivity index (χ1v) is 18.8. The lowest BCUT2D eigenvalue weighted by Gasteiger charge is -2.39. The Labute approximate surface area is 252 Å². The number of nitrogens with zero attached hydrogens (tertiary/aromatic N) is 2. The minimum Gasteiger partial charge on any atom is -0.481 e. The molecule has 0 radical (unpaired) electrons. The van der Waals surface area contributed by atoms with Gasteiger partial charge in [0.05, 0.1) is 12.0 Å². The standard InChI is InChI=1S/C34H38N2O4SSi/c1-35-13-6-8-22-18-26-30(20-28(22)35)42(3,17-16-41-15-12-32(37)38)31-21-29-23(9-7-14-36(29)2)19-27(31)33(26)24-10-4-5-11-25(24)34(39)40/h4-5,10-11,18-21H,6-9,12-17H2,1-3H3,(H-,37,38,39,40)/p+1. The van der Waals surface area contributed by atoms with Gasteiger partial charge in [-0.2, -0.15) is 11.8 Å². The van der Waals surface area contributed by atoms with Crippen molar-refractivity contribution in [3.05, 3.63) is 86.9 Å². The Kier molecular flexibility index (Phi) is 7.79. The lowest BCUT2D eigenvalue weighted by atomic mass is 9.88. The molecule has 3 aromatic rings. The molecule has 42 heavy (non-hydrogen) atoms. The summed E-state index contributed by atoms with van der Waals surface area (Å²) < 4.78 is 2.37. The number of aliphatic carboxylic acids is 1. The monoisotopic (exact) mass is 599 g/mol. The van der Waals surface area contributed by atoms with E-state index in [1.807, 2.05) is 18.2 Å². The maximum Gasteiger partial charge on any atom is 0.336 e. The molecule has 0 saturated heterocycles. The van der Waals surface area contributed by atoms with Crippen LogP contribution < -0.4 is 30.4 Å². The number of anilines is 1. The molecule has 3 aliphatic rings. The van der Waals surface area contributed by atoms with E-state index in [0.29, 0.717) is 11.3 Å². The van der Waals surface area contributed by atoms with E-state index in [-0.39, 0.29) is 6.42 Å². The van der Waals surface area contributed by atoms with Gasteiger partial charge in [0.1, 0.15) is 21.7 Å². The molecule has 3 heterocycles. The third-order valence-electron chi connectivity index (χ3n) is 9.50. The number of carboxylic acids is 2. The number of benzene rings is 3. The summed E-state index contributed by atoms with van der Waals surface area (Å²) in [5.41, 5.74) is 7.33. The van der Waals surface area contributed by atoms with Crippen LogP contribution in [0.2, 0.25) is 12.6 Å². The Balaban J connectivity index is 1.68. The molecule has 0 amide bonds. The zero-order valence-corrected chi connectivity index (χ0v) is 26.5. The van der Waals surface area contributed by atoms with Gasteiger partial charge >= 0.3 is 11.9 Å². The molecule has 0 fully saturated rings. The maximum atomic E-state index is 12.6. The molecule has 6 nitrogen and oxygen atoms in total. The Morgan fingerprint density at radius 3 is 2.55 bits per heavy atom. The molecular formula is C34H39N2O4SSi+. The summed E-state index contributed by atoms with van der Waals surface area (Å²) in [6, 6.07) is 18.1. The number of aryl methyl sites for hydroxylation is 2. The Morgan fingerprint density at radius 2 is 1.76 bits per heavy atom. The van der Waals surface area contributed by atoms with Crippen LogP contribution in [-0.4, -0.2) is 68.9 Å². The minimum atomic E-state index is -2.34. The van der Waals surface area contributed by atoms with Gasteiger partial charge in [-0.3, -0.25) is 4.79 Å². The number of carbonyl (C=O) groups is 2. The molecule has 0 saturated carbocycles. The average Bonchev–Trinajstić information content (AvgIpc) is 2.96. The van der Waals surface area contributed by atoms with Crippen molar-refractivity contribution in [1.29, 1.82) is 0 Å². The van der Waals surface area contributed by atoms with E-state index in [1.54, 1.807) is 17.8 Å². The van der Waals surface area contributed by atoms with E-state index in [1.165, 1.54) is 43.3 Å². The predicted molar refractivity (Wildman–Crippen MR) is 174 cm³/mol. The largest absolute Gasteiger partial charge is 0.481 e. The summed E-state index contributed by atoms with van der Waals surface area (Å²) in [6.07, 6.45) is 4.43. The molecule has 1 unspecified atom stereocenters. The summed E-state index contributed by atoms with van der Waals surface area (Å²) in [5, 5.41) is 24.7. The molecule has 6 rings (SSSR count). The molecule has 0 bridgehead atoms. The number of aromatic carboxylic acids is 1. The molecule has 8 heteroatoms. The zero-order valence-electron chi connectivity index (χ0n) is 24.7. The van der Waals surface area contributed by atoms with E-state index in [9.17, 15) is 19.8 Å². The molecule has 0 aliphatic carbocycles. The Hall–Kier alpha value is -3.36. The van der Waals surface area contributed by atoms with E-state index in [2.05, 4.69) is 54.4 Å². The minimum absolute atomic E-state index is 0.177. The first-order valence-electron chi connectivity index (χ1n) is 15.0. The van der Waals surface area contributed by atoms with Crippen LogP contribution in [0.1, 0.15) is 51.9 Å². The summed E-state index contributed by atoms with van der Waals surface area (Å²) in [6.45, 7) is 4.54. The number of fused-ring (bicyclic) bond motifs is 4. The van der Waals surface area contributed by atoms with Gasteiger partial charge in [-0.05, 0) is 93.2 Å². The first kappa shape index (κ1) is 28.7. The number of hydrogen-bond acceptors (Lipinski definition) is 4. The maximum absolute atomic E-state index is 12.6. The predicted octanol–water partition coefficient (Wildman–Crippen LogP) is 2.80. The van der Waals surface area contributed by atoms with Crippen LogP contribution in [0, 0.1) is 0 Å². The van der Waals surface area contributed by atoms with Crippen LogP contribution in [0.5, 0.6) is 0 Å². The van der Waals surface area contributed by atoms with Crippen molar-refractivity contribution >= 4 is 53.4 Å². The topological polar surface area (TPSA) is 80.9 Å². The third-order valence-corrected chi connectivity index (χ3v) is 15.3. The summed E-state index contributed by atoms with van der Waals surface area (Å²) >= 11 is 1.73. The van der Waals surface area contributed by atoms with Gasteiger partial charge in [0.25, 0.3) is 0 Å². The van der Waals surface area contributed by atoms with Crippen molar-refractivity contribution in [3.8, 4) is 0 Å². The number of carboxylic acid groups (broad SMARTS) is 2. The summed E-state index contributed by atoms with van der Waals surface area (Å²) in [5.74, 6) is -0.143. The molecule has 3 aromatic carbocycles. The highest BCUT2D eigenvalue weighted by Crippen LogP contribution is 2.34. The van der Waals surface area contributed by atoms with Crippen molar-refractivity contribution in [1.82, 2.24) is 4.58 Å². The van der Waals surface area contributed by atoms with Crippen LogP contribution >= 0.6 is 11.8 Å². The SMILES string of the molecule is CN1CCCc2cc3c(cc21)[Si](C)(CCSCCC(=O)O)c1cc2c(cc1=C3c1ccccc1C(=O)O)CCC[N+]=2C. The van der Waals surface area contributed by atoms with Gasteiger partial charge in [0, 0.05) is 43.1 Å². The quantitative estimate of drug-likeness (QED) is 0.236. The van der Waals surface area contributed by atoms with Gasteiger partial charge < -0.3 is 15.1 Å². The van der Waals surface area contributed by atoms with Crippen molar-refractivity contribution in [3.63, 3.8) is 0 Å². The van der Waals surface area contributed by atoms with E-state index in [4.69, 9.17) is 0 Å². The number of thioether (sulfide) groups is 1. The van der Waals surface area contributed by atoms with Crippen LogP contribution in [0.4, 0.5) is 5.69 Å². The van der Waals surface area contributed by atoms with Crippen molar-refractivity contribution in [2.75, 3.05) is 43.6 Å². The molecule has 218 valence electrons. The van der Waals surface area contributed by atoms with Gasteiger partial charge in [0.15, 0.2) is 0 Å². The molecule has 0 spiro atoms. The van der Waals surface area contributed by atoms with Crippen molar-refractivity contribution in [2.24, 2.45) is 0 Å².